The summed E-state index contributed by atoms with van der Waals surface area (Å²) in [6.07, 6.45) is -4.32. The number of carbonyl (C=O) groups is 3. The summed E-state index contributed by atoms with van der Waals surface area (Å²) in [4.78, 5) is 41.3. The van der Waals surface area contributed by atoms with Crippen LogP contribution in [0.5, 0.6) is 0 Å². The van der Waals surface area contributed by atoms with Crippen LogP contribution in [0.2, 0.25) is 0 Å². The number of rotatable bonds is 7. The molecule has 1 unspecified atom stereocenters. The van der Waals surface area contributed by atoms with Gasteiger partial charge in [-0.2, -0.15) is 13.2 Å². The molecule has 154 valence electrons. The third kappa shape index (κ3) is 4.82. The van der Waals surface area contributed by atoms with Crippen LogP contribution in [0.3, 0.4) is 0 Å². The van der Waals surface area contributed by atoms with Crippen LogP contribution >= 0.6 is 0 Å². The Balaban J connectivity index is 2.40. The highest BCUT2D eigenvalue weighted by Gasteiger charge is 2.46. The lowest BCUT2D eigenvalue weighted by Gasteiger charge is -2.32. The molecule has 1 fully saturated rings. The lowest BCUT2D eigenvalue weighted by atomic mass is 9.68. The second-order valence-electron chi connectivity index (χ2n) is 7.25. The third-order valence-corrected chi connectivity index (χ3v) is 4.71. The molecule has 0 bridgehead atoms. The minimum absolute atomic E-state index is 0.0584. The quantitative estimate of drug-likeness (QED) is 0.397. The van der Waals surface area contributed by atoms with Crippen molar-refractivity contribution in [3.8, 4) is 0 Å². The van der Waals surface area contributed by atoms with Gasteiger partial charge in [0.25, 0.3) is 0 Å². The number of nitrogens with zero attached hydrogens (tertiary/aromatic N) is 1. The highest BCUT2D eigenvalue weighted by molar-refractivity contribution is 6.26. The average molecular weight is 401 g/mol. The molecule has 1 saturated carbocycles. The topological polar surface area (TPSA) is 82.6 Å². The number of Topliss-reactive ketones (excluding diaryl/α,β-unsaturated/α-hetero) is 3. The second kappa shape index (κ2) is 8.48. The Bertz CT molecular complexity index is 773. The molecule has 0 saturated heterocycles. The van der Waals surface area contributed by atoms with Crippen LogP contribution in [0.4, 0.5) is 13.2 Å². The van der Waals surface area contributed by atoms with E-state index in [4.69, 9.17) is 9.47 Å². The van der Waals surface area contributed by atoms with Crippen molar-refractivity contribution in [3.05, 3.63) is 29.1 Å². The first-order valence-corrected chi connectivity index (χ1v) is 8.74. The second-order valence-corrected chi connectivity index (χ2v) is 7.25. The molecule has 0 aliphatic heterocycles. The van der Waals surface area contributed by atoms with Gasteiger partial charge in [0.15, 0.2) is 17.3 Å². The van der Waals surface area contributed by atoms with Gasteiger partial charge in [-0.1, -0.05) is 13.8 Å². The Labute approximate surface area is 160 Å². The molecule has 28 heavy (non-hydrogen) atoms. The van der Waals surface area contributed by atoms with E-state index in [1.807, 2.05) is 0 Å². The zero-order valence-electron chi connectivity index (χ0n) is 15.9. The molecule has 1 aromatic rings. The molecule has 1 aliphatic carbocycles. The number of hydrogen-bond acceptors (Lipinski definition) is 6. The number of aromatic nitrogens is 1. The number of ether oxygens (including phenoxy) is 2. The molecular formula is C19H22F3NO5. The fraction of sp³-hybridized carbons (Fsp3) is 0.579. The van der Waals surface area contributed by atoms with Crippen LogP contribution < -0.4 is 0 Å². The smallest absolute Gasteiger partial charge is 0.382 e. The Morgan fingerprint density at radius 2 is 1.93 bits per heavy atom. The van der Waals surface area contributed by atoms with Gasteiger partial charge < -0.3 is 9.47 Å². The molecule has 1 aromatic heterocycles. The highest BCUT2D eigenvalue weighted by atomic mass is 19.4. The number of halogens is 3. The minimum atomic E-state index is -4.71. The van der Waals surface area contributed by atoms with Crippen LogP contribution in [0.15, 0.2) is 12.1 Å². The van der Waals surface area contributed by atoms with Crippen LogP contribution in [-0.2, 0) is 31.8 Å². The summed E-state index contributed by atoms with van der Waals surface area (Å²) in [6.45, 7) is 3.18. The van der Waals surface area contributed by atoms with E-state index in [9.17, 15) is 27.6 Å². The van der Waals surface area contributed by atoms with Gasteiger partial charge in [-0.05, 0) is 18.6 Å². The molecule has 2 rings (SSSR count). The van der Waals surface area contributed by atoms with Crippen LogP contribution in [0.1, 0.15) is 48.4 Å². The molecule has 6 nitrogen and oxygen atoms in total. The monoisotopic (exact) mass is 401 g/mol. The Hall–Kier alpha value is -2.13. The van der Waals surface area contributed by atoms with Crippen molar-refractivity contribution in [2.75, 3.05) is 20.3 Å². The summed E-state index contributed by atoms with van der Waals surface area (Å²) >= 11 is 0. The lowest BCUT2D eigenvalue weighted by Crippen LogP contribution is -2.45. The van der Waals surface area contributed by atoms with Gasteiger partial charge in [0.1, 0.15) is 11.6 Å². The number of alkyl halides is 3. The van der Waals surface area contributed by atoms with Crippen molar-refractivity contribution in [3.63, 3.8) is 0 Å². The lowest BCUT2D eigenvalue weighted by molar-refractivity contribution is -0.142. The molecule has 0 spiro atoms. The van der Waals surface area contributed by atoms with E-state index in [0.29, 0.717) is 12.5 Å². The van der Waals surface area contributed by atoms with Crippen molar-refractivity contribution in [1.29, 1.82) is 0 Å². The van der Waals surface area contributed by atoms with Gasteiger partial charge in [-0.15, -0.1) is 0 Å². The standard InChI is InChI=1S/C19H22F3NO5/c1-18(2)7-6-13(24)15(17(18)26)16(25)11-4-5-14(19(20,21)22)23-12(11)10-28-9-8-27-3/h4-5,15H,6-10H2,1-3H3. The first kappa shape index (κ1) is 22.2. The maximum absolute atomic E-state index is 13.0. The van der Waals surface area contributed by atoms with Crippen LogP contribution in [-0.4, -0.2) is 42.7 Å². The van der Waals surface area contributed by atoms with E-state index in [2.05, 4.69) is 4.98 Å². The van der Waals surface area contributed by atoms with Gasteiger partial charge in [-0.25, -0.2) is 4.98 Å². The number of ketones is 3. The SMILES string of the molecule is COCCOCc1nc(C(F)(F)F)ccc1C(=O)C1C(=O)CCC(C)(C)C1=O. The molecule has 1 atom stereocenters. The third-order valence-electron chi connectivity index (χ3n) is 4.71. The molecule has 9 heteroatoms. The summed E-state index contributed by atoms with van der Waals surface area (Å²) < 4.78 is 49.0. The normalized spacial score (nSPS) is 19.7. The Morgan fingerprint density at radius 1 is 1.25 bits per heavy atom. The average Bonchev–Trinajstić information content (AvgIpc) is 2.61. The number of carbonyl (C=O) groups excluding carboxylic acids is 3. The van der Waals surface area contributed by atoms with Crippen molar-refractivity contribution in [1.82, 2.24) is 4.98 Å². The summed E-state index contributed by atoms with van der Waals surface area (Å²) in [5, 5.41) is 0. The fourth-order valence-corrected chi connectivity index (χ4v) is 2.97. The van der Waals surface area contributed by atoms with Crippen molar-refractivity contribution >= 4 is 17.3 Å². The maximum atomic E-state index is 13.0. The van der Waals surface area contributed by atoms with E-state index in [1.165, 1.54) is 7.11 Å². The molecule has 0 radical (unpaired) electrons. The first-order valence-electron chi connectivity index (χ1n) is 8.74. The van der Waals surface area contributed by atoms with Gasteiger partial charge in [0.05, 0.1) is 25.5 Å². The van der Waals surface area contributed by atoms with Gasteiger partial charge >= 0.3 is 6.18 Å². The minimum Gasteiger partial charge on any atom is -0.382 e. The van der Waals surface area contributed by atoms with E-state index < -0.39 is 40.6 Å². The summed E-state index contributed by atoms with van der Waals surface area (Å²) in [5.41, 5.74) is -2.52. The molecular weight excluding hydrogens is 379 g/mol. The number of methoxy groups -OCH3 is 1. The van der Waals surface area contributed by atoms with Crippen LogP contribution in [0.25, 0.3) is 0 Å². The van der Waals surface area contributed by atoms with E-state index in [1.54, 1.807) is 13.8 Å². The van der Waals surface area contributed by atoms with Gasteiger partial charge in [0.2, 0.25) is 0 Å². The first-order chi connectivity index (χ1) is 13.0. The summed E-state index contributed by atoms with van der Waals surface area (Å²) in [6, 6.07) is 1.62. The van der Waals surface area contributed by atoms with E-state index in [-0.39, 0.29) is 37.5 Å². The molecule has 0 aromatic carbocycles. The largest absolute Gasteiger partial charge is 0.433 e. The Morgan fingerprint density at radius 3 is 2.54 bits per heavy atom. The fourth-order valence-electron chi connectivity index (χ4n) is 2.97. The van der Waals surface area contributed by atoms with Crippen LogP contribution in [0, 0.1) is 11.3 Å². The number of hydrogen-bond donors (Lipinski definition) is 0. The highest BCUT2D eigenvalue weighted by Crippen LogP contribution is 2.36. The molecule has 1 aliphatic rings. The van der Waals surface area contributed by atoms with Gasteiger partial charge in [0, 0.05) is 24.5 Å². The molecule has 0 N–H and O–H groups in total. The Kier molecular flexibility index (Phi) is 6.71. The maximum Gasteiger partial charge on any atom is 0.433 e. The van der Waals surface area contributed by atoms with E-state index in [0.717, 1.165) is 6.07 Å². The predicted octanol–water partition coefficient (Wildman–Crippen LogP) is 3.02. The molecule has 0 amide bonds. The molecule has 1 heterocycles. The van der Waals surface area contributed by atoms with Crippen molar-refractivity contribution < 1.29 is 37.0 Å². The predicted molar refractivity (Wildman–Crippen MR) is 91.6 cm³/mol. The zero-order chi connectivity index (χ0) is 21.1. The summed E-state index contributed by atoms with van der Waals surface area (Å²) in [5.74, 6) is -3.42. The van der Waals surface area contributed by atoms with Crippen molar-refractivity contribution in [2.24, 2.45) is 11.3 Å². The van der Waals surface area contributed by atoms with Gasteiger partial charge in [-0.3, -0.25) is 14.4 Å². The number of pyridine rings is 1. The van der Waals surface area contributed by atoms with Crippen molar-refractivity contribution in [2.45, 2.75) is 39.5 Å². The zero-order valence-corrected chi connectivity index (χ0v) is 15.9. The van der Waals surface area contributed by atoms with E-state index >= 15 is 0 Å². The summed E-state index contributed by atoms with van der Waals surface area (Å²) in [7, 11) is 1.43.